The zero-order valence-corrected chi connectivity index (χ0v) is 11.6. The van der Waals surface area contributed by atoms with Crippen molar-refractivity contribution in [3.63, 3.8) is 0 Å². The first-order chi connectivity index (χ1) is 9.36. The van der Waals surface area contributed by atoms with Crippen molar-refractivity contribution >= 4 is 17.3 Å². The van der Waals surface area contributed by atoms with E-state index in [0.29, 0.717) is 0 Å². The van der Waals surface area contributed by atoms with Gasteiger partial charge in [0, 0.05) is 28.8 Å². The number of hydrogen-bond donors (Lipinski definition) is 1. The zero-order chi connectivity index (χ0) is 14.5. The minimum absolute atomic E-state index is 0.102. The van der Waals surface area contributed by atoms with Gasteiger partial charge in [0.25, 0.3) is 0 Å². The molecule has 0 saturated carbocycles. The highest BCUT2D eigenvalue weighted by Crippen LogP contribution is 2.45. The van der Waals surface area contributed by atoms with Crippen molar-refractivity contribution in [1.82, 2.24) is 0 Å². The number of alkyl halides is 3. The molecule has 2 unspecified atom stereocenters. The SMILES string of the molecule is NC1CC2CCC(C1)N2c1ccc(Cl)cc1C(F)(F)F. The maximum atomic E-state index is 13.2. The maximum Gasteiger partial charge on any atom is 0.418 e. The van der Waals surface area contributed by atoms with Crippen LogP contribution in [0.3, 0.4) is 0 Å². The summed E-state index contributed by atoms with van der Waals surface area (Å²) in [6.07, 6.45) is -1.04. The number of nitrogens with two attached hydrogens (primary N) is 1. The predicted octanol–water partition coefficient (Wildman–Crippen LogP) is 3.82. The molecule has 2 atom stereocenters. The third kappa shape index (κ3) is 2.37. The van der Waals surface area contributed by atoms with Crippen molar-refractivity contribution in [2.24, 2.45) is 5.73 Å². The van der Waals surface area contributed by atoms with Crippen LogP contribution < -0.4 is 10.6 Å². The van der Waals surface area contributed by atoms with E-state index in [1.807, 2.05) is 4.90 Å². The molecule has 6 heteroatoms. The summed E-state index contributed by atoms with van der Waals surface area (Å²) in [7, 11) is 0. The summed E-state index contributed by atoms with van der Waals surface area (Å²) in [4.78, 5) is 1.92. The number of benzene rings is 1. The molecule has 2 heterocycles. The summed E-state index contributed by atoms with van der Waals surface area (Å²) in [6.45, 7) is 0. The topological polar surface area (TPSA) is 29.3 Å². The standard InChI is InChI=1S/C14H16ClF3N2/c15-8-1-4-13(12(5-8)14(16,17)18)20-10-2-3-11(20)7-9(19)6-10/h1,4-5,9-11H,2-3,6-7,19H2. The predicted molar refractivity (Wildman–Crippen MR) is 73.0 cm³/mol. The highest BCUT2D eigenvalue weighted by Gasteiger charge is 2.43. The van der Waals surface area contributed by atoms with Gasteiger partial charge < -0.3 is 10.6 Å². The van der Waals surface area contributed by atoms with Gasteiger partial charge >= 0.3 is 6.18 Å². The Morgan fingerprint density at radius 2 is 1.75 bits per heavy atom. The molecule has 1 aromatic rings. The summed E-state index contributed by atoms with van der Waals surface area (Å²) >= 11 is 5.73. The van der Waals surface area contributed by atoms with Crippen LogP contribution in [0.4, 0.5) is 18.9 Å². The van der Waals surface area contributed by atoms with Gasteiger partial charge in [0.15, 0.2) is 0 Å². The summed E-state index contributed by atoms with van der Waals surface area (Å²) in [5.41, 5.74) is 5.58. The monoisotopic (exact) mass is 304 g/mol. The molecule has 2 saturated heterocycles. The number of halogens is 4. The molecular formula is C14H16ClF3N2. The maximum absolute atomic E-state index is 13.2. The Bertz CT molecular complexity index is 504. The molecule has 0 aliphatic carbocycles. The van der Waals surface area contributed by atoms with E-state index >= 15 is 0 Å². The lowest BCUT2D eigenvalue weighted by Crippen LogP contribution is -2.48. The van der Waals surface area contributed by atoms with Gasteiger partial charge in [-0.25, -0.2) is 0 Å². The first-order valence-electron chi connectivity index (χ1n) is 6.77. The van der Waals surface area contributed by atoms with E-state index in [4.69, 9.17) is 17.3 Å². The summed E-state index contributed by atoms with van der Waals surface area (Å²) in [6, 6.07) is 4.38. The Labute approximate surface area is 120 Å². The molecule has 110 valence electrons. The van der Waals surface area contributed by atoms with E-state index in [9.17, 15) is 13.2 Å². The minimum atomic E-state index is -4.39. The number of fused-ring (bicyclic) bond motifs is 2. The molecule has 2 N–H and O–H groups in total. The fraction of sp³-hybridized carbons (Fsp3) is 0.571. The summed E-state index contributed by atoms with van der Waals surface area (Å²) in [5, 5.41) is 0.113. The largest absolute Gasteiger partial charge is 0.418 e. The van der Waals surface area contributed by atoms with Crippen LogP contribution in [0.2, 0.25) is 5.02 Å². The molecule has 2 nitrogen and oxygen atoms in total. The highest BCUT2D eigenvalue weighted by molar-refractivity contribution is 6.30. The van der Waals surface area contributed by atoms with Crippen LogP contribution in [0.15, 0.2) is 18.2 Å². The lowest BCUT2D eigenvalue weighted by Gasteiger charge is -2.40. The van der Waals surface area contributed by atoms with Crippen molar-refractivity contribution in [2.75, 3.05) is 4.90 Å². The van der Waals surface area contributed by atoms with Crippen molar-refractivity contribution in [3.8, 4) is 0 Å². The first-order valence-corrected chi connectivity index (χ1v) is 7.14. The fourth-order valence-corrected chi connectivity index (χ4v) is 3.75. The van der Waals surface area contributed by atoms with Gasteiger partial charge in [-0.3, -0.25) is 0 Å². The van der Waals surface area contributed by atoms with Crippen molar-refractivity contribution in [2.45, 2.75) is 50.0 Å². The van der Waals surface area contributed by atoms with E-state index in [1.165, 1.54) is 12.1 Å². The molecule has 0 aromatic heterocycles. The van der Waals surface area contributed by atoms with Crippen molar-refractivity contribution < 1.29 is 13.2 Å². The average molecular weight is 305 g/mol. The lowest BCUT2D eigenvalue weighted by atomic mass is 9.96. The molecule has 2 fully saturated rings. The quantitative estimate of drug-likeness (QED) is 0.854. The molecule has 0 radical (unpaired) electrons. The minimum Gasteiger partial charge on any atom is -0.365 e. The normalized spacial score (nSPS) is 29.9. The number of piperidine rings is 1. The van der Waals surface area contributed by atoms with Crippen LogP contribution in [-0.4, -0.2) is 18.1 Å². The Kier molecular flexibility index (Phi) is 3.37. The average Bonchev–Trinajstić information content (AvgIpc) is 2.61. The van der Waals surface area contributed by atoms with Crippen LogP contribution in [0.1, 0.15) is 31.2 Å². The second kappa shape index (κ2) is 4.81. The lowest BCUT2D eigenvalue weighted by molar-refractivity contribution is -0.137. The van der Waals surface area contributed by atoms with Crippen molar-refractivity contribution in [3.05, 3.63) is 28.8 Å². The van der Waals surface area contributed by atoms with Crippen molar-refractivity contribution in [1.29, 1.82) is 0 Å². The van der Waals surface area contributed by atoms with Gasteiger partial charge in [-0.1, -0.05) is 11.6 Å². The first kappa shape index (κ1) is 14.0. The third-order valence-corrected chi connectivity index (χ3v) is 4.55. The summed E-state index contributed by atoms with van der Waals surface area (Å²) < 4.78 is 39.7. The molecule has 0 spiro atoms. The van der Waals surface area contributed by atoms with Crippen LogP contribution in [0, 0.1) is 0 Å². The summed E-state index contributed by atoms with van der Waals surface area (Å²) in [5.74, 6) is 0. The Hall–Kier alpha value is -0.940. The van der Waals surface area contributed by atoms with E-state index < -0.39 is 11.7 Å². The van der Waals surface area contributed by atoms with Gasteiger partial charge in [-0.05, 0) is 43.9 Å². The molecule has 20 heavy (non-hydrogen) atoms. The molecule has 0 amide bonds. The van der Waals surface area contributed by atoms with Crippen LogP contribution in [0.5, 0.6) is 0 Å². The number of nitrogens with zero attached hydrogens (tertiary/aromatic N) is 1. The van der Waals surface area contributed by atoms with E-state index in [1.54, 1.807) is 0 Å². The fourth-order valence-electron chi connectivity index (χ4n) is 3.57. The molecule has 2 aliphatic rings. The Balaban J connectivity index is 2.03. The van der Waals surface area contributed by atoms with Gasteiger partial charge in [0.2, 0.25) is 0 Å². The second-order valence-corrected chi connectivity index (χ2v) is 6.12. The molecule has 2 aliphatic heterocycles. The number of rotatable bonds is 1. The van der Waals surface area contributed by atoms with E-state index in [2.05, 4.69) is 0 Å². The van der Waals surface area contributed by atoms with Gasteiger partial charge in [-0.15, -0.1) is 0 Å². The Morgan fingerprint density at radius 1 is 1.15 bits per heavy atom. The molecule has 3 rings (SSSR count). The smallest absolute Gasteiger partial charge is 0.365 e. The van der Waals surface area contributed by atoms with Gasteiger partial charge in [0.05, 0.1) is 5.56 Å². The highest BCUT2D eigenvalue weighted by atomic mass is 35.5. The van der Waals surface area contributed by atoms with E-state index in [0.717, 1.165) is 31.7 Å². The van der Waals surface area contributed by atoms with Gasteiger partial charge in [0.1, 0.15) is 0 Å². The molecule has 2 bridgehead atoms. The second-order valence-electron chi connectivity index (χ2n) is 5.68. The molecule has 1 aromatic carbocycles. The zero-order valence-electron chi connectivity index (χ0n) is 10.8. The van der Waals surface area contributed by atoms with Crippen LogP contribution >= 0.6 is 11.6 Å². The van der Waals surface area contributed by atoms with Crippen LogP contribution in [0.25, 0.3) is 0 Å². The van der Waals surface area contributed by atoms with E-state index in [-0.39, 0.29) is 28.8 Å². The molecular weight excluding hydrogens is 289 g/mol. The third-order valence-electron chi connectivity index (χ3n) is 4.31. The van der Waals surface area contributed by atoms with Gasteiger partial charge in [-0.2, -0.15) is 13.2 Å². The Morgan fingerprint density at radius 3 is 2.30 bits per heavy atom. The number of hydrogen-bond acceptors (Lipinski definition) is 2. The number of anilines is 1. The van der Waals surface area contributed by atoms with Crippen LogP contribution in [-0.2, 0) is 6.18 Å².